The van der Waals surface area contributed by atoms with Crippen LogP contribution in [0.25, 0.3) is 0 Å². The van der Waals surface area contributed by atoms with E-state index in [4.69, 9.17) is 5.11 Å². The summed E-state index contributed by atoms with van der Waals surface area (Å²) in [7, 11) is 0. The molecular weight excluding hydrogens is 192 g/mol. The minimum absolute atomic E-state index is 0.505. The summed E-state index contributed by atoms with van der Waals surface area (Å²) >= 11 is 0. The molecule has 1 N–H and O–H groups in total. The van der Waals surface area contributed by atoms with Crippen molar-refractivity contribution in [3.8, 4) is 0 Å². The zero-order chi connectivity index (χ0) is 11.6. The average Bonchev–Trinajstić information content (AvgIpc) is 2.51. The van der Waals surface area contributed by atoms with Crippen molar-refractivity contribution in [1.82, 2.24) is 9.78 Å². The highest BCUT2D eigenvalue weighted by atomic mass is 16.4. The third-order valence-electron chi connectivity index (χ3n) is 2.37. The molecule has 1 aromatic heterocycles. The highest BCUT2D eigenvalue weighted by molar-refractivity contribution is 5.79. The predicted molar refractivity (Wildman–Crippen MR) is 57.7 cm³/mol. The molecule has 4 heteroatoms. The lowest BCUT2D eigenvalue weighted by molar-refractivity contribution is -0.142. The molecule has 84 valence electrons. The van der Waals surface area contributed by atoms with Gasteiger partial charge in [0.1, 0.15) is 5.41 Å². The van der Waals surface area contributed by atoms with Crippen LogP contribution < -0.4 is 0 Å². The lowest BCUT2D eigenvalue weighted by atomic mass is 9.90. The maximum Gasteiger partial charge on any atom is 0.315 e. The van der Waals surface area contributed by atoms with E-state index in [0.717, 1.165) is 6.54 Å². The molecule has 1 aromatic rings. The van der Waals surface area contributed by atoms with Crippen LogP contribution in [-0.4, -0.2) is 20.9 Å². The van der Waals surface area contributed by atoms with Gasteiger partial charge in [0.15, 0.2) is 0 Å². The monoisotopic (exact) mass is 210 g/mol. The van der Waals surface area contributed by atoms with Crippen molar-refractivity contribution in [2.75, 3.05) is 0 Å². The van der Waals surface area contributed by atoms with Gasteiger partial charge in [-0.25, -0.2) is 0 Å². The smallest absolute Gasteiger partial charge is 0.315 e. The molecule has 0 bridgehead atoms. The Morgan fingerprint density at radius 2 is 2.20 bits per heavy atom. The van der Waals surface area contributed by atoms with Crippen molar-refractivity contribution >= 4 is 5.97 Å². The number of rotatable bonds is 4. The predicted octanol–water partition coefficient (Wildman–Crippen LogP) is 1.90. The van der Waals surface area contributed by atoms with Gasteiger partial charge < -0.3 is 5.11 Å². The molecule has 0 saturated carbocycles. The normalized spacial score (nSPS) is 12.1. The Kier molecular flexibility index (Phi) is 3.17. The molecule has 0 aliphatic carbocycles. The Bertz CT molecular complexity index is 353. The van der Waals surface area contributed by atoms with Gasteiger partial charge in [0.2, 0.25) is 0 Å². The second-order valence-corrected chi connectivity index (χ2v) is 4.75. The van der Waals surface area contributed by atoms with E-state index < -0.39 is 11.4 Å². The highest BCUT2D eigenvalue weighted by Gasteiger charge is 2.31. The average molecular weight is 210 g/mol. The van der Waals surface area contributed by atoms with Gasteiger partial charge >= 0.3 is 5.97 Å². The van der Waals surface area contributed by atoms with Crippen LogP contribution in [0.4, 0.5) is 0 Å². The lowest BCUT2D eigenvalue weighted by Gasteiger charge is -2.15. The van der Waals surface area contributed by atoms with E-state index in [9.17, 15) is 4.79 Å². The van der Waals surface area contributed by atoms with Crippen LogP contribution in [0, 0.1) is 5.92 Å². The van der Waals surface area contributed by atoms with Crippen molar-refractivity contribution in [3.63, 3.8) is 0 Å². The topological polar surface area (TPSA) is 55.1 Å². The summed E-state index contributed by atoms with van der Waals surface area (Å²) in [6.07, 6.45) is 1.83. The molecule has 0 fully saturated rings. The molecule has 0 spiro atoms. The number of carbonyl (C=O) groups is 1. The van der Waals surface area contributed by atoms with Crippen LogP contribution in [0.3, 0.4) is 0 Å². The molecule has 0 unspecified atom stereocenters. The molecular formula is C11H18N2O2. The van der Waals surface area contributed by atoms with Crippen molar-refractivity contribution < 1.29 is 9.90 Å². The Balaban J connectivity index is 2.89. The maximum absolute atomic E-state index is 11.0. The third-order valence-corrected chi connectivity index (χ3v) is 2.37. The Morgan fingerprint density at radius 3 is 2.67 bits per heavy atom. The number of nitrogens with zero attached hydrogens (tertiary/aromatic N) is 2. The summed E-state index contributed by atoms with van der Waals surface area (Å²) in [6, 6.07) is 1.77. The van der Waals surface area contributed by atoms with E-state index in [0.29, 0.717) is 11.6 Å². The first-order valence-corrected chi connectivity index (χ1v) is 5.11. The standard InChI is InChI=1S/C11H18N2O2/c1-8(2)7-13-6-5-9(12-13)11(3,4)10(14)15/h5-6,8H,7H2,1-4H3,(H,14,15). The van der Waals surface area contributed by atoms with Crippen LogP contribution in [-0.2, 0) is 16.8 Å². The highest BCUT2D eigenvalue weighted by Crippen LogP contribution is 2.21. The first kappa shape index (κ1) is 11.8. The zero-order valence-corrected chi connectivity index (χ0v) is 9.69. The van der Waals surface area contributed by atoms with Crippen molar-refractivity contribution in [2.24, 2.45) is 5.92 Å². The van der Waals surface area contributed by atoms with E-state index in [2.05, 4.69) is 18.9 Å². The number of carboxylic acid groups (broad SMARTS) is 1. The van der Waals surface area contributed by atoms with E-state index in [1.165, 1.54) is 0 Å². The fourth-order valence-electron chi connectivity index (χ4n) is 1.28. The van der Waals surface area contributed by atoms with Gasteiger partial charge in [0.25, 0.3) is 0 Å². The molecule has 1 rings (SSSR count). The van der Waals surface area contributed by atoms with Gasteiger partial charge in [-0.15, -0.1) is 0 Å². The molecule has 0 atom stereocenters. The third kappa shape index (κ3) is 2.58. The number of carboxylic acids is 1. The van der Waals surface area contributed by atoms with Gasteiger partial charge in [0.05, 0.1) is 5.69 Å². The molecule has 4 nitrogen and oxygen atoms in total. The molecule has 1 heterocycles. The summed E-state index contributed by atoms with van der Waals surface area (Å²) in [5, 5.41) is 13.3. The van der Waals surface area contributed by atoms with Crippen molar-refractivity contribution in [3.05, 3.63) is 18.0 Å². The van der Waals surface area contributed by atoms with E-state index in [-0.39, 0.29) is 0 Å². The Labute approximate surface area is 89.9 Å². The quantitative estimate of drug-likeness (QED) is 0.825. The van der Waals surface area contributed by atoms with Crippen LogP contribution in [0.1, 0.15) is 33.4 Å². The molecule has 0 aliphatic rings. The van der Waals surface area contributed by atoms with Gasteiger partial charge in [-0.1, -0.05) is 13.8 Å². The van der Waals surface area contributed by atoms with Gasteiger partial charge in [-0.2, -0.15) is 5.10 Å². The fraction of sp³-hybridized carbons (Fsp3) is 0.636. The van der Waals surface area contributed by atoms with Crippen molar-refractivity contribution in [2.45, 2.75) is 39.7 Å². The van der Waals surface area contributed by atoms with Gasteiger partial charge in [0, 0.05) is 12.7 Å². The first-order valence-electron chi connectivity index (χ1n) is 5.11. The second kappa shape index (κ2) is 4.04. The molecule has 0 saturated heterocycles. The van der Waals surface area contributed by atoms with E-state index in [1.54, 1.807) is 24.6 Å². The SMILES string of the molecule is CC(C)Cn1ccc(C(C)(C)C(=O)O)n1. The van der Waals surface area contributed by atoms with Crippen LogP contribution >= 0.6 is 0 Å². The Morgan fingerprint density at radius 1 is 1.60 bits per heavy atom. The maximum atomic E-state index is 11.0. The summed E-state index contributed by atoms with van der Waals surface area (Å²) in [5.74, 6) is -0.344. The minimum atomic E-state index is -0.914. The number of hydrogen-bond donors (Lipinski definition) is 1. The summed E-state index contributed by atoms with van der Waals surface area (Å²) < 4.78 is 1.80. The molecule has 0 aromatic carbocycles. The largest absolute Gasteiger partial charge is 0.481 e. The summed E-state index contributed by atoms with van der Waals surface area (Å²) in [4.78, 5) is 11.0. The molecule has 0 radical (unpaired) electrons. The molecule has 0 amide bonds. The summed E-state index contributed by atoms with van der Waals surface area (Å²) in [6.45, 7) is 8.35. The molecule has 15 heavy (non-hydrogen) atoms. The number of aliphatic carboxylic acids is 1. The van der Waals surface area contributed by atoms with Gasteiger partial charge in [-0.05, 0) is 25.8 Å². The second-order valence-electron chi connectivity index (χ2n) is 4.75. The summed E-state index contributed by atoms with van der Waals surface area (Å²) in [5.41, 5.74) is -0.307. The lowest BCUT2D eigenvalue weighted by Crippen LogP contribution is -2.29. The number of hydrogen-bond acceptors (Lipinski definition) is 2. The van der Waals surface area contributed by atoms with Crippen LogP contribution in [0.2, 0.25) is 0 Å². The number of aromatic nitrogens is 2. The molecule has 0 aliphatic heterocycles. The Hall–Kier alpha value is -1.32. The van der Waals surface area contributed by atoms with E-state index >= 15 is 0 Å². The van der Waals surface area contributed by atoms with E-state index in [1.807, 2.05) is 6.20 Å². The fourth-order valence-corrected chi connectivity index (χ4v) is 1.28. The van der Waals surface area contributed by atoms with Crippen molar-refractivity contribution in [1.29, 1.82) is 0 Å². The van der Waals surface area contributed by atoms with Crippen LogP contribution in [0.5, 0.6) is 0 Å². The first-order chi connectivity index (χ1) is 6.84. The minimum Gasteiger partial charge on any atom is -0.481 e. The van der Waals surface area contributed by atoms with Crippen LogP contribution in [0.15, 0.2) is 12.3 Å². The van der Waals surface area contributed by atoms with Gasteiger partial charge in [-0.3, -0.25) is 9.48 Å². The zero-order valence-electron chi connectivity index (χ0n) is 9.69.